The van der Waals surface area contributed by atoms with E-state index in [1.165, 1.54) is 0 Å². The Kier molecular flexibility index (Phi) is 6.83. The van der Waals surface area contributed by atoms with Gasteiger partial charge in [0.25, 0.3) is 0 Å². The van der Waals surface area contributed by atoms with Gasteiger partial charge < -0.3 is 19.7 Å². The Bertz CT molecular complexity index is 1070. The van der Waals surface area contributed by atoms with E-state index in [0.29, 0.717) is 13.1 Å². The average molecular weight is 456 g/mol. The van der Waals surface area contributed by atoms with Gasteiger partial charge in [0.1, 0.15) is 18.3 Å². The van der Waals surface area contributed by atoms with Crippen molar-refractivity contribution in [2.75, 3.05) is 32.1 Å². The molecule has 1 aliphatic heterocycles. The lowest BCUT2D eigenvalue weighted by molar-refractivity contribution is -0.0366. The number of rotatable bonds is 7. The predicted molar refractivity (Wildman–Crippen MR) is 125 cm³/mol. The zero-order chi connectivity index (χ0) is 23.4. The lowest BCUT2D eigenvalue weighted by Crippen LogP contribution is -2.35. The van der Waals surface area contributed by atoms with E-state index in [4.69, 9.17) is 9.47 Å². The van der Waals surface area contributed by atoms with Crippen molar-refractivity contribution in [2.45, 2.75) is 58.3 Å². The molecule has 0 spiro atoms. The molecule has 4 rings (SSSR count). The van der Waals surface area contributed by atoms with E-state index in [1.54, 1.807) is 24.6 Å². The third-order valence-corrected chi connectivity index (χ3v) is 5.54. The zero-order valence-corrected chi connectivity index (χ0v) is 19.8. The molecule has 0 saturated carbocycles. The number of hydrogen-bond donors (Lipinski definition) is 1. The average Bonchev–Trinajstić information content (AvgIpc) is 3.46. The van der Waals surface area contributed by atoms with Crippen LogP contribution in [-0.4, -0.2) is 67.9 Å². The first-order chi connectivity index (χ1) is 15.8. The van der Waals surface area contributed by atoms with Crippen LogP contribution in [0.3, 0.4) is 0 Å². The molecule has 1 saturated heterocycles. The Labute approximate surface area is 193 Å². The van der Waals surface area contributed by atoms with Gasteiger partial charge in [-0.05, 0) is 58.6 Å². The van der Waals surface area contributed by atoms with Crippen LogP contribution in [-0.2, 0) is 9.47 Å². The minimum atomic E-state index is -0.500. The number of carbonyl (C=O) groups excluding carboxylic acids is 1. The van der Waals surface area contributed by atoms with Gasteiger partial charge in [0.05, 0.1) is 17.4 Å². The molecule has 1 N–H and O–H groups in total. The van der Waals surface area contributed by atoms with Gasteiger partial charge in [-0.1, -0.05) is 0 Å². The van der Waals surface area contributed by atoms with Crippen molar-refractivity contribution in [1.82, 2.24) is 29.4 Å². The van der Waals surface area contributed by atoms with E-state index in [0.717, 1.165) is 54.6 Å². The first-order valence-corrected chi connectivity index (χ1v) is 11.5. The summed E-state index contributed by atoms with van der Waals surface area (Å²) < 4.78 is 15.3. The van der Waals surface area contributed by atoms with Gasteiger partial charge in [0, 0.05) is 37.8 Å². The molecule has 10 heteroatoms. The van der Waals surface area contributed by atoms with E-state index in [9.17, 15) is 4.79 Å². The molecular weight excluding hydrogens is 422 g/mol. The molecule has 1 atom stereocenters. The highest BCUT2D eigenvalue weighted by Crippen LogP contribution is 2.32. The summed E-state index contributed by atoms with van der Waals surface area (Å²) in [5.74, 6) is 0. The molecule has 33 heavy (non-hydrogen) atoms. The minimum Gasteiger partial charge on any atom is -0.444 e. The highest BCUT2D eigenvalue weighted by atomic mass is 16.6. The molecule has 1 aliphatic rings. The largest absolute Gasteiger partial charge is 0.444 e. The number of nitrogens with zero attached hydrogens (tertiary/aromatic N) is 6. The van der Waals surface area contributed by atoms with Crippen molar-refractivity contribution in [1.29, 1.82) is 0 Å². The smallest absolute Gasteiger partial charge is 0.410 e. The summed E-state index contributed by atoms with van der Waals surface area (Å²) in [6.45, 7) is 7.64. The van der Waals surface area contributed by atoms with E-state index in [-0.39, 0.29) is 12.3 Å². The number of anilines is 1. The summed E-state index contributed by atoms with van der Waals surface area (Å²) in [6, 6.07) is 4.15. The van der Waals surface area contributed by atoms with Crippen molar-refractivity contribution >= 4 is 22.7 Å². The Morgan fingerprint density at radius 1 is 1.27 bits per heavy atom. The summed E-state index contributed by atoms with van der Waals surface area (Å²) >= 11 is 0. The third kappa shape index (κ3) is 5.62. The minimum absolute atomic E-state index is 0.0530. The van der Waals surface area contributed by atoms with E-state index >= 15 is 0 Å². The molecule has 178 valence electrons. The van der Waals surface area contributed by atoms with Gasteiger partial charge in [0.2, 0.25) is 0 Å². The molecule has 0 bridgehead atoms. The Hall–Kier alpha value is -3.14. The van der Waals surface area contributed by atoms with Gasteiger partial charge in [-0.2, -0.15) is 5.10 Å². The first-order valence-electron chi connectivity index (χ1n) is 11.5. The fourth-order valence-corrected chi connectivity index (χ4v) is 3.88. The fraction of sp³-hybridized carbons (Fsp3) is 0.565. The number of fused-ring (bicyclic) bond motifs is 1. The highest BCUT2D eigenvalue weighted by Gasteiger charge is 2.21. The molecule has 1 unspecified atom stereocenters. The maximum atomic E-state index is 12.2. The summed E-state index contributed by atoms with van der Waals surface area (Å²) in [6.07, 6.45) is 8.83. The highest BCUT2D eigenvalue weighted by molar-refractivity contribution is 5.93. The second-order valence-corrected chi connectivity index (χ2v) is 9.39. The van der Waals surface area contributed by atoms with Gasteiger partial charge in [-0.15, -0.1) is 10.2 Å². The van der Waals surface area contributed by atoms with Gasteiger partial charge in [-0.3, -0.25) is 4.57 Å². The van der Waals surface area contributed by atoms with Crippen LogP contribution < -0.4 is 5.32 Å². The van der Waals surface area contributed by atoms with Crippen LogP contribution in [0.2, 0.25) is 0 Å². The SMILES string of the molecule is CN(CCCNc1cc(-n2cnnc2)cc2c1cnn2C1CCCCO1)C(=O)OC(C)(C)C. The Morgan fingerprint density at radius 2 is 2.06 bits per heavy atom. The topological polar surface area (TPSA) is 99.3 Å². The number of nitrogens with one attached hydrogen (secondary N) is 1. The summed E-state index contributed by atoms with van der Waals surface area (Å²) in [5, 5.41) is 17.1. The van der Waals surface area contributed by atoms with Crippen LogP contribution in [0.25, 0.3) is 16.6 Å². The van der Waals surface area contributed by atoms with Crippen LogP contribution >= 0.6 is 0 Å². The maximum Gasteiger partial charge on any atom is 0.410 e. The van der Waals surface area contributed by atoms with Gasteiger partial charge in [0.15, 0.2) is 6.23 Å². The number of amides is 1. The van der Waals surface area contributed by atoms with E-state index in [2.05, 4.69) is 32.7 Å². The molecule has 2 aromatic heterocycles. The van der Waals surface area contributed by atoms with Gasteiger partial charge in [-0.25, -0.2) is 9.48 Å². The van der Waals surface area contributed by atoms with E-state index in [1.807, 2.05) is 36.2 Å². The van der Waals surface area contributed by atoms with E-state index < -0.39 is 5.60 Å². The summed E-state index contributed by atoms with van der Waals surface area (Å²) in [7, 11) is 1.76. The second kappa shape index (κ2) is 9.78. The summed E-state index contributed by atoms with van der Waals surface area (Å²) in [4.78, 5) is 13.8. The normalized spacial score (nSPS) is 16.7. The van der Waals surface area contributed by atoms with Crippen LogP contribution in [0.1, 0.15) is 52.7 Å². The van der Waals surface area contributed by atoms with Gasteiger partial charge >= 0.3 is 6.09 Å². The van der Waals surface area contributed by atoms with Crippen molar-refractivity contribution < 1.29 is 14.3 Å². The maximum absolute atomic E-state index is 12.2. The molecule has 1 amide bonds. The Balaban J connectivity index is 1.49. The second-order valence-electron chi connectivity index (χ2n) is 9.39. The van der Waals surface area contributed by atoms with Crippen molar-refractivity contribution in [3.63, 3.8) is 0 Å². The molecule has 1 fully saturated rings. The number of hydrogen-bond acceptors (Lipinski definition) is 7. The van der Waals surface area contributed by atoms with Crippen LogP contribution in [0.4, 0.5) is 10.5 Å². The lowest BCUT2D eigenvalue weighted by Gasteiger charge is -2.24. The standard InChI is InChI=1S/C23H33N7O3/c1-23(2,3)33-22(31)28(4)10-7-9-24-19-12-17(29-15-25-26-16-29)13-20-18(19)14-27-30(20)21-8-5-6-11-32-21/h12-16,21,24H,5-11H2,1-4H3. The number of ether oxygens (including phenoxy) is 2. The quantitative estimate of drug-likeness (QED) is 0.538. The molecule has 10 nitrogen and oxygen atoms in total. The van der Waals surface area contributed by atoms with Crippen LogP contribution in [0, 0.1) is 0 Å². The summed E-state index contributed by atoms with van der Waals surface area (Å²) in [5.41, 5.74) is 2.41. The number of carbonyl (C=O) groups is 1. The predicted octanol–water partition coefficient (Wildman–Crippen LogP) is 3.99. The molecular formula is C23H33N7O3. The van der Waals surface area contributed by atoms with Crippen molar-refractivity contribution in [3.05, 3.63) is 31.0 Å². The number of aromatic nitrogens is 5. The molecule has 3 heterocycles. The Morgan fingerprint density at radius 3 is 2.76 bits per heavy atom. The molecule has 0 aliphatic carbocycles. The lowest BCUT2D eigenvalue weighted by atomic mass is 10.1. The molecule has 1 aromatic carbocycles. The fourth-order valence-electron chi connectivity index (χ4n) is 3.88. The number of benzene rings is 1. The third-order valence-electron chi connectivity index (χ3n) is 5.54. The van der Waals surface area contributed by atoms with Crippen molar-refractivity contribution in [2.24, 2.45) is 0 Å². The monoisotopic (exact) mass is 455 g/mol. The van der Waals surface area contributed by atoms with Crippen molar-refractivity contribution in [3.8, 4) is 5.69 Å². The van der Waals surface area contributed by atoms with Crippen LogP contribution in [0.15, 0.2) is 31.0 Å². The molecule has 3 aromatic rings. The van der Waals surface area contributed by atoms with Crippen LogP contribution in [0.5, 0.6) is 0 Å². The zero-order valence-electron chi connectivity index (χ0n) is 19.8. The molecule has 0 radical (unpaired) electrons. The first kappa shape index (κ1) is 23.0.